The minimum Gasteiger partial charge on any atom is -0.396 e. The molecule has 0 amide bonds. The van der Waals surface area contributed by atoms with Crippen LogP contribution in [-0.2, 0) is 4.84 Å². The molecule has 0 radical (unpaired) electrons. The van der Waals surface area contributed by atoms with Gasteiger partial charge in [0.15, 0.2) is 11.4 Å². The standard InChI is InChI=1S/C15H9N5O/c1-2-21-20-14-10-6-4-3-5-9(10)13-15(14)19-12(8-17)11(7-16)18-13/h3-6H,2H2,1H3/b20-14-. The average molecular weight is 275 g/mol. The summed E-state index contributed by atoms with van der Waals surface area (Å²) in [7, 11) is 0. The molecule has 1 aromatic carbocycles. The molecule has 0 spiro atoms. The zero-order chi connectivity index (χ0) is 14.8. The number of hydrogen-bond donors (Lipinski definition) is 0. The molecule has 0 aliphatic heterocycles. The van der Waals surface area contributed by atoms with Gasteiger partial charge < -0.3 is 4.84 Å². The number of aromatic nitrogens is 2. The van der Waals surface area contributed by atoms with Crippen LogP contribution in [0.25, 0.3) is 11.3 Å². The molecule has 1 aliphatic carbocycles. The van der Waals surface area contributed by atoms with Gasteiger partial charge in [-0.2, -0.15) is 10.5 Å². The predicted octanol–water partition coefficient (Wildman–Crippen LogP) is 1.99. The van der Waals surface area contributed by atoms with Crippen LogP contribution in [0.4, 0.5) is 0 Å². The second-order valence-electron chi connectivity index (χ2n) is 4.24. The first-order valence-corrected chi connectivity index (χ1v) is 6.32. The first-order chi connectivity index (χ1) is 10.3. The number of nitriles is 2. The molecule has 6 nitrogen and oxygen atoms in total. The normalized spacial score (nSPS) is 13.2. The summed E-state index contributed by atoms with van der Waals surface area (Å²) < 4.78 is 0. The maximum atomic E-state index is 9.09. The Hall–Kier alpha value is -3.25. The molecular formula is C15H9N5O. The molecule has 0 N–H and O–H groups in total. The lowest BCUT2D eigenvalue weighted by molar-refractivity contribution is 0.159. The Morgan fingerprint density at radius 1 is 1.05 bits per heavy atom. The van der Waals surface area contributed by atoms with Gasteiger partial charge in [-0.25, -0.2) is 9.97 Å². The fourth-order valence-electron chi connectivity index (χ4n) is 2.19. The number of rotatable bonds is 2. The van der Waals surface area contributed by atoms with E-state index in [0.29, 0.717) is 23.7 Å². The van der Waals surface area contributed by atoms with Crippen LogP contribution in [0.2, 0.25) is 0 Å². The van der Waals surface area contributed by atoms with Crippen LogP contribution in [0.1, 0.15) is 29.6 Å². The molecule has 0 atom stereocenters. The molecule has 2 aromatic rings. The lowest BCUT2D eigenvalue weighted by atomic mass is 10.1. The summed E-state index contributed by atoms with van der Waals surface area (Å²) in [6, 6.07) is 11.3. The van der Waals surface area contributed by atoms with Crippen molar-refractivity contribution in [2.24, 2.45) is 5.16 Å². The summed E-state index contributed by atoms with van der Waals surface area (Å²) in [4.78, 5) is 13.6. The molecule has 1 aliphatic rings. The predicted molar refractivity (Wildman–Crippen MR) is 74.2 cm³/mol. The van der Waals surface area contributed by atoms with Gasteiger partial charge in [-0.05, 0) is 6.92 Å². The number of nitrogens with zero attached hydrogens (tertiary/aromatic N) is 5. The zero-order valence-electron chi connectivity index (χ0n) is 11.2. The van der Waals surface area contributed by atoms with E-state index in [4.69, 9.17) is 15.4 Å². The van der Waals surface area contributed by atoms with Gasteiger partial charge in [0.25, 0.3) is 0 Å². The van der Waals surface area contributed by atoms with E-state index in [0.717, 1.165) is 11.1 Å². The van der Waals surface area contributed by atoms with Crippen molar-refractivity contribution in [2.45, 2.75) is 6.92 Å². The summed E-state index contributed by atoms with van der Waals surface area (Å²) in [6.45, 7) is 2.26. The van der Waals surface area contributed by atoms with E-state index in [9.17, 15) is 0 Å². The summed E-state index contributed by atoms with van der Waals surface area (Å²) in [6.07, 6.45) is 0. The van der Waals surface area contributed by atoms with Crippen LogP contribution in [0, 0.1) is 22.7 Å². The van der Waals surface area contributed by atoms with Crippen LogP contribution in [0.15, 0.2) is 29.4 Å². The Balaban J connectivity index is 2.31. The van der Waals surface area contributed by atoms with E-state index in [1.54, 1.807) is 0 Å². The fraction of sp³-hybridized carbons (Fsp3) is 0.133. The largest absolute Gasteiger partial charge is 0.396 e. The van der Waals surface area contributed by atoms with E-state index in [2.05, 4.69) is 15.1 Å². The van der Waals surface area contributed by atoms with E-state index in [-0.39, 0.29) is 11.4 Å². The van der Waals surface area contributed by atoms with Crippen LogP contribution >= 0.6 is 0 Å². The molecule has 0 bridgehead atoms. The van der Waals surface area contributed by atoms with Crippen molar-refractivity contribution in [1.82, 2.24) is 9.97 Å². The van der Waals surface area contributed by atoms with Gasteiger partial charge in [0.1, 0.15) is 35.8 Å². The Bertz CT molecular complexity index is 842. The number of fused-ring (bicyclic) bond motifs is 3. The van der Waals surface area contributed by atoms with Crippen molar-refractivity contribution < 1.29 is 4.84 Å². The van der Waals surface area contributed by atoms with Gasteiger partial charge in [0, 0.05) is 11.1 Å². The minimum absolute atomic E-state index is 0.00625. The molecule has 1 aromatic heterocycles. The molecule has 0 fully saturated rings. The van der Waals surface area contributed by atoms with E-state index >= 15 is 0 Å². The van der Waals surface area contributed by atoms with Gasteiger partial charge >= 0.3 is 0 Å². The van der Waals surface area contributed by atoms with Crippen molar-refractivity contribution >= 4 is 5.71 Å². The monoisotopic (exact) mass is 275 g/mol. The van der Waals surface area contributed by atoms with E-state index in [1.165, 1.54) is 0 Å². The van der Waals surface area contributed by atoms with Gasteiger partial charge in [0.05, 0.1) is 0 Å². The summed E-state index contributed by atoms with van der Waals surface area (Å²) in [5.74, 6) is 0. The van der Waals surface area contributed by atoms with Crippen molar-refractivity contribution in [3.63, 3.8) is 0 Å². The lowest BCUT2D eigenvalue weighted by Gasteiger charge is -2.01. The first kappa shape index (κ1) is 12.8. The molecule has 6 heteroatoms. The number of oxime groups is 1. The average Bonchev–Trinajstić information content (AvgIpc) is 2.84. The molecule has 0 saturated carbocycles. The highest BCUT2D eigenvalue weighted by atomic mass is 16.6. The molecule has 1 heterocycles. The summed E-state index contributed by atoms with van der Waals surface area (Å²) >= 11 is 0. The Kier molecular flexibility index (Phi) is 3.06. The molecule has 21 heavy (non-hydrogen) atoms. The van der Waals surface area contributed by atoms with Gasteiger partial charge in [-0.1, -0.05) is 29.4 Å². The molecule has 0 unspecified atom stereocenters. The molecular weight excluding hydrogens is 266 g/mol. The van der Waals surface area contributed by atoms with Crippen molar-refractivity contribution in [1.29, 1.82) is 10.5 Å². The van der Waals surface area contributed by atoms with Crippen LogP contribution < -0.4 is 0 Å². The van der Waals surface area contributed by atoms with Gasteiger partial charge in [-0.15, -0.1) is 0 Å². The van der Waals surface area contributed by atoms with Crippen LogP contribution in [0.3, 0.4) is 0 Å². The van der Waals surface area contributed by atoms with Crippen molar-refractivity contribution in [3.05, 3.63) is 46.9 Å². The third-order valence-corrected chi connectivity index (χ3v) is 3.05. The molecule has 100 valence electrons. The zero-order valence-corrected chi connectivity index (χ0v) is 11.2. The smallest absolute Gasteiger partial charge is 0.177 e. The summed E-state index contributed by atoms with van der Waals surface area (Å²) in [5.41, 5.74) is 3.24. The van der Waals surface area contributed by atoms with Crippen LogP contribution in [-0.4, -0.2) is 22.3 Å². The van der Waals surface area contributed by atoms with Gasteiger partial charge in [0.2, 0.25) is 0 Å². The first-order valence-electron chi connectivity index (χ1n) is 6.32. The van der Waals surface area contributed by atoms with Crippen molar-refractivity contribution in [2.75, 3.05) is 6.61 Å². The Labute approximate surface area is 120 Å². The van der Waals surface area contributed by atoms with Gasteiger partial charge in [-0.3, -0.25) is 0 Å². The maximum Gasteiger partial charge on any atom is 0.177 e. The second kappa shape index (κ2) is 5.03. The third kappa shape index (κ3) is 1.90. The SMILES string of the molecule is CCO/N=C1/c2ccccc2-c2nc(C#N)c(C#N)nc21. The fourth-order valence-corrected chi connectivity index (χ4v) is 2.19. The minimum atomic E-state index is -0.00625. The third-order valence-electron chi connectivity index (χ3n) is 3.05. The highest BCUT2D eigenvalue weighted by Gasteiger charge is 2.30. The molecule has 0 saturated heterocycles. The van der Waals surface area contributed by atoms with Crippen molar-refractivity contribution in [3.8, 4) is 23.4 Å². The number of benzene rings is 1. The second-order valence-corrected chi connectivity index (χ2v) is 4.24. The molecule has 3 rings (SSSR count). The highest BCUT2D eigenvalue weighted by molar-refractivity contribution is 6.22. The lowest BCUT2D eigenvalue weighted by Crippen LogP contribution is -2.06. The van der Waals surface area contributed by atoms with Crippen LogP contribution in [0.5, 0.6) is 0 Å². The highest BCUT2D eigenvalue weighted by Crippen LogP contribution is 2.34. The quantitative estimate of drug-likeness (QED) is 0.666. The van der Waals surface area contributed by atoms with E-state index < -0.39 is 0 Å². The maximum absolute atomic E-state index is 9.09. The summed E-state index contributed by atoms with van der Waals surface area (Å²) in [5, 5.41) is 22.2. The topological polar surface area (TPSA) is 95.0 Å². The number of hydrogen-bond acceptors (Lipinski definition) is 6. The van der Waals surface area contributed by atoms with E-state index in [1.807, 2.05) is 43.3 Å². The Morgan fingerprint density at radius 3 is 2.29 bits per heavy atom. The Morgan fingerprint density at radius 2 is 1.67 bits per heavy atom.